The number of carbonyl (C=O) groups is 1. The molecule has 1 amide bonds. The van der Waals surface area contributed by atoms with Crippen molar-refractivity contribution in [3.63, 3.8) is 0 Å². The fraction of sp³-hybridized carbons (Fsp3) is 0.471. The number of aromatic nitrogens is 2. The first-order chi connectivity index (χ1) is 12.1. The van der Waals surface area contributed by atoms with Crippen molar-refractivity contribution in [2.75, 3.05) is 39.2 Å². The van der Waals surface area contributed by atoms with Gasteiger partial charge in [0.15, 0.2) is 5.69 Å². The number of amides is 1. The molecule has 1 N–H and O–H groups in total. The molecule has 3 rings (SSSR count). The number of anilines is 1. The van der Waals surface area contributed by atoms with Crippen molar-refractivity contribution >= 4 is 11.7 Å². The predicted molar refractivity (Wildman–Crippen MR) is 90.3 cm³/mol. The largest absolute Gasteiger partial charge is 0.380 e. The summed E-state index contributed by atoms with van der Waals surface area (Å²) >= 11 is 0. The molecule has 134 valence electrons. The molecule has 0 aromatic carbocycles. The molecule has 0 spiro atoms. The number of hydrogen-bond acceptors (Lipinski definition) is 7. The van der Waals surface area contributed by atoms with Crippen molar-refractivity contribution in [2.45, 2.75) is 19.6 Å². The summed E-state index contributed by atoms with van der Waals surface area (Å²) in [6.45, 7) is 3.42. The van der Waals surface area contributed by atoms with Gasteiger partial charge in [0, 0.05) is 20.7 Å². The predicted octanol–water partition coefficient (Wildman–Crippen LogP) is 1.78. The van der Waals surface area contributed by atoms with Crippen LogP contribution in [0.5, 0.6) is 0 Å². The smallest absolute Gasteiger partial charge is 0.276 e. The van der Waals surface area contributed by atoms with E-state index >= 15 is 0 Å². The van der Waals surface area contributed by atoms with Crippen LogP contribution in [0.25, 0.3) is 0 Å². The highest BCUT2D eigenvalue weighted by Gasteiger charge is 2.30. The van der Waals surface area contributed by atoms with Crippen LogP contribution in [-0.4, -0.2) is 54.8 Å². The maximum absolute atomic E-state index is 12.9. The average molecular weight is 346 g/mol. The minimum Gasteiger partial charge on any atom is -0.380 e. The third-order valence-corrected chi connectivity index (χ3v) is 4.19. The van der Waals surface area contributed by atoms with Crippen LogP contribution in [0.4, 0.5) is 5.82 Å². The molecule has 2 aromatic rings. The van der Waals surface area contributed by atoms with Crippen molar-refractivity contribution in [3.05, 3.63) is 40.9 Å². The summed E-state index contributed by atoms with van der Waals surface area (Å²) in [4.78, 5) is 19.1. The molecule has 1 saturated heterocycles. The number of nitrogens with one attached hydrogen (secondary N) is 1. The Kier molecular flexibility index (Phi) is 5.30. The zero-order valence-corrected chi connectivity index (χ0v) is 14.6. The fourth-order valence-corrected chi connectivity index (χ4v) is 2.81. The fourth-order valence-electron chi connectivity index (χ4n) is 2.81. The quantitative estimate of drug-likeness (QED) is 0.882. The first-order valence-corrected chi connectivity index (χ1v) is 8.13. The molecule has 1 aliphatic heterocycles. The molecular weight excluding hydrogens is 324 g/mol. The first kappa shape index (κ1) is 17.4. The highest BCUT2D eigenvalue weighted by atomic mass is 16.5. The molecule has 2 aromatic heterocycles. The summed E-state index contributed by atoms with van der Waals surface area (Å²) in [6, 6.07) is 5.69. The molecule has 1 atom stereocenters. The topological polar surface area (TPSA) is 89.7 Å². The number of nitrogens with zero attached hydrogens (tertiary/aromatic N) is 3. The molecule has 8 nitrogen and oxygen atoms in total. The Morgan fingerprint density at radius 2 is 2.32 bits per heavy atom. The van der Waals surface area contributed by atoms with E-state index < -0.39 is 0 Å². The Bertz CT molecular complexity index is 746. The van der Waals surface area contributed by atoms with Crippen LogP contribution in [-0.2, 0) is 16.1 Å². The van der Waals surface area contributed by atoms with Crippen molar-refractivity contribution in [3.8, 4) is 0 Å². The Morgan fingerprint density at radius 3 is 3.08 bits per heavy atom. The van der Waals surface area contributed by atoms with Crippen LogP contribution in [0, 0.1) is 6.92 Å². The van der Waals surface area contributed by atoms with Crippen molar-refractivity contribution in [2.24, 2.45) is 0 Å². The maximum Gasteiger partial charge on any atom is 0.276 e. The number of morpholine rings is 1. The minimum atomic E-state index is -0.273. The van der Waals surface area contributed by atoms with Crippen LogP contribution in [0.15, 0.2) is 22.7 Å². The second kappa shape index (κ2) is 7.62. The molecular formula is C17H22N4O4. The van der Waals surface area contributed by atoms with Gasteiger partial charge in [-0.1, -0.05) is 11.2 Å². The van der Waals surface area contributed by atoms with Gasteiger partial charge >= 0.3 is 0 Å². The van der Waals surface area contributed by atoms with E-state index in [0.717, 1.165) is 11.5 Å². The highest BCUT2D eigenvalue weighted by Crippen LogP contribution is 2.24. The van der Waals surface area contributed by atoms with E-state index in [-0.39, 0.29) is 18.6 Å². The Labute approximate surface area is 146 Å². The Balaban J connectivity index is 1.78. The summed E-state index contributed by atoms with van der Waals surface area (Å²) in [6.07, 6.45) is -0.273. The van der Waals surface area contributed by atoms with Gasteiger partial charge in [0.1, 0.15) is 17.7 Å². The van der Waals surface area contributed by atoms with Gasteiger partial charge in [0.25, 0.3) is 5.91 Å². The Morgan fingerprint density at radius 1 is 1.48 bits per heavy atom. The van der Waals surface area contributed by atoms with Gasteiger partial charge in [-0.15, -0.1) is 0 Å². The van der Waals surface area contributed by atoms with E-state index in [1.165, 1.54) is 0 Å². The standard InChI is InChI=1S/C17H22N4O4/c1-11-12(10-23-3)16(20-25-11)17(22)21-7-8-24-14(9-21)13-5-4-6-15(18-2)19-13/h4-6,14H,7-10H2,1-3H3,(H,18,19)/t14-/m1/s1. The van der Waals surface area contributed by atoms with E-state index in [0.29, 0.717) is 36.7 Å². The summed E-state index contributed by atoms with van der Waals surface area (Å²) < 4.78 is 16.1. The van der Waals surface area contributed by atoms with E-state index in [1.54, 1.807) is 18.9 Å². The number of pyridine rings is 1. The number of aryl methyl sites for hydroxylation is 1. The number of ether oxygens (including phenoxy) is 2. The van der Waals surface area contributed by atoms with Crippen molar-refractivity contribution in [1.29, 1.82) is 0 Å². The summed E-state index contributed by atoms with van der Waals surface area (Å²) in [5, 5.41) is 6.93. The molecule has 0 saturated carbocycles. The van der Waals surface area contributed by atoms with Gasteiger partial charge < -0.3 is 24.2 Å². The average Bonchev–Trinajstić information content (AvgIpc) is 3.02. The van der Waals surface area contributed by atoms with Crippen LogP contribution in [0.3, 0.4) is 0 Å². The SMILES string of the molecule is CNc1cccc([C@H]2CN(C(=O)c3noc(C)c3COC)CCO2)n1. The zero-order chi connectivity index (χ0) is 17.8. The van der Waals surface area contributed by atoms with Gasteiger partial charge in [-0.2, -0.15) is 0 Å². The number of rotatable bonds is 5. The monoisotopic (exact) mass is 346 g/mol. The third kappa shape index (κ3) is 3.64. The lowest BCUT2D eigenvalue weighted by molar-refractivity contribution is -0.0250. The molecule has 0 radical (unpaired) electrons. The van der Waals surface area contributed by atoms with Crippen LogP contribution < -0.4 is 5.32 Å². The van der Waals surface area contributed by atoms with Crippen LogP contribution in [0.1, 0.15) is 33.6 Å². The lowest BCUT2D eigenvalue weighted by atomic mass is 10.1. The number of methoxy groups -OCH3 is 1. The Hall–Kier alpha value is -2.45. The van der Waals surface area contributed by atoms with Gasteiger partial charge in [-0.3, -0.25) is 4.79 Å². The first-order valence-electron chi connectivity index (χ1n) is 8.13. The molecule has 0 unspecified atom stereocenters. The van der Waals surface area contributed by atoms with Gasteiger partial charge in [-0.25, -0.2) is 4.98 Å². The third-order valence-electron chi connectivity index (χ3n) is 4.19. The normalized spacial score (nSPS) is 17.6. The van der Waals surface area contributed by atoms with Crippen molar-refractivity contribution < 1.29 is 18.8 Å². The van der Waals surface area contributed by atoms with E-state index in [4.69, 9.17) is 14.0 Å². The van der Waals surface area contributed by atoms with Gasteiger partial charge in [-0.05, 0) is 19.1 Å². The van der Waals surface area contributed by atoms with Gasteiger partial charge in [0.2, 0.25) is 0 Å². The van der Waals surface area contributed by atoms with Crippen LogP contribution >= 0.6 is 0 Å². The number of hydrogen-bond donors (Lipinski definition) is 1. The van der Waals surface area contributed by atoms with Gasteiger partial charge in [0.05, 0.1) is 31.0 Å². The molecule has 25 heavy (non-hydrogen) atoms. The zero-order valence-electron chi connectivity index (χ0n) is 14.6. The lowest BCUT2D eigenvalue weighted by Gasteiger charge is -2.32. The number of carbonyl (C=O) groups excluding carboxylic acids is 1. The molecule has 1 aliphatic rings. The molecule has 1 fully saturated rings. The lowest BCUT2D eigenvalue weighted by Crippen LogP contribution is -2.43. The van der Waals surface area contributed by atoms with Crippen LogP contribution in [0.2, 0.25) is 0 Å². The highest BCUT2D eigenvalue weighted by molar-refractivity contribution is 5.93. The molecule has 3 heterocycles. The summed E-state index contributed by atoms with van der Waals surface area (Å²) in [5.74, 6) is 1.18. The second-order valence-corrected chi connectivity index (χ2v) is 5.81. The van der Waals surface area contributed by atoms with E-state index in [1.807, 2.05) is 25.2 Å². The van der Waals surface area contributed by atoms with Crippen molar-refractivity contribution in [1.82, 2.24) is 15.0 Å². The second-order valence-electron chi connectivity index (χ2n) is 5.81. The maximum atomic E-state index is 12.9. The summed E-state index contributed by atoms with van der Waals surface area (Å²) in [5.41, 5.74) is 1.78. The summed E-state index contributed by atoms with van der Waals surface area (Å²) in [7, 11) is 3.39. The molecule has 0 aliphatic carbocycles. The van der Waals surface area contributed by atoms with E-state index in [9.17, 15) is 4.79 Å². The minimum absolute atomic E-state index is 0.179. The van der Waals surface area contributed by atoms with E-state index in [2.05, 4.69) is 15.5 Å². The molecule has 8 heteroatoms. The molecule has 0 bridgehead atoms.